The average Bonchev–Trinajstić information content (AvgIpc) is 3.04. The summed E-state index contributed by atoms with van der Waals surface area (Å²) < 4.78 is 0. The van der Waals surface area contributed by atoms with Crippen LogP contribution in [0.4, 0.5) is 0 Å². The van der Waals surface area contributed by atoms with Gasteiger partial charge in [0.1, 0.15) is 0 Å². The van der Waals surface area contributed by atoms with Crippen LogP contribution >= 0.6 is 24.8 Å². The first-order chi connectivity index (χ1) is 11.2. The Morgan fingerprint density at radius 1 is 1.16 bits per heavy atom. The molecule has 0 unspecified atom stereocenters. The summed E-state index contributed by atoms with van der Waals surface area (Å²) in [6.07, 6.45) is 5.24. The quantitative estimate of drug-likeness (QED) is 0.820. The maximum Gasteiger partial charge on any atom is 0.255 e. The van der Waals surface area contributed by atoms with Gasteiger partial charge in [0.05, 0.1) is 11.1 Å². The van der Waals surface area contributed by atoms with E-state index in [4.69, 9.17) is 0 Å². The van der Waals surface area contributed by atoms with Crippen molar-refractivity contribution in [3.05, 3.63) is 41.6 Å². The highest BCUT2D eigenvalue weighted by Gasteiger charge is 2.38. The van der Waals surface area contributed by atoms with E-state index in [9.17, 15) is 4.79 Å². The number of amides is 1. The predicted octanol–water partition coefficient (Wildman–Crippen LogP) is 3.60. The second kappa shape index (κ2) is 7.90. The number of piperidine rings is 1. The van der Waals surface area contributed by atoms with E-state index in [2.05, 4.69) is 10.3 Å². The van der Waals surface area contributed by atoms with Gasteiger partial charge in [0.15, 0.2) is 0 Å². The molecular weight excluding hydrogens is 357 g/mol. The number of hydrogen-bond acceptors (Lipinski definition) is 3. The third-order valence-corrected chi connectivity index (χ3v) is 5.72. The average molecular weight is 382 g/mol. The third-order valence-electron chi connectivity index (χ3n) is 5.72. The lowest BCUT2D eigenvalue weighted by atomic mass is 9.77. The number of hydrogen-bond donors (Lipinski definition) is 1. The molecule has 25 heavy (non-hydrogen) atoms. The monoisotopic (exact) mass is 381 g/mol. The SMILES string of the molecule is Cc1c(C(=O)N2CCC3(CCNC3)CC2)cnc2ccccc12.Cl.Cl. The zero-order valence-corrected chi connectivity index (χ0v) is 16.1. The van der Waals surface area contributed by atoms with Gasteiger partial charge in [0.2, 0.25) is 0 Å². The minimum absolute atomic E-state index is 0. The lowest BCUT2D eigenvalue weighted by Gasteiger charge is -2.39. The van der Waals surface area contributed by atoms with Crippen molar-refractivity contribution in [2.24, 2.45) is 5.41 Å². The van der Waals surface area contributed by atoms with Crippen molar-refractivity contribution in [3.63, 3.8) is 0 Å². The van der Waals surface area contributed by atoms with Gasteiger partial charge >= 0.3 is 0 Å². The lowest BCUT2D eigenvalue weighted by Crippen LogP contribution is -2.44. The zero-order valence-electron chi connectivity index (χ0n) is 14.5. The molecule has 0 aliphatic carbocycles. The molecule has 4 rings (SSSR count). The molecule has 1 aromatic heterocycles. The zero-order chi connectivity index (χ0) is 15.9. The molecule has 3 heterocycles. The van der Waals surface area contributed by atoms with Crippen molar-refractivity contribution in [2.45, 2.75) is 26.2 Å². The molecule has 4 nitrogen and oxygen atoms in total. The number of carbonyl (C=O) groups excluding carboxylic acids is 1. The van der Waals surface area contributed by atoms with E-state index in [0.717, 1.165) is 61.1 Å². The topological polar surface area (TPSA) is 45.2 Å². The highest BCUT2D eigenvalue weighted by molar-refractivity contribution is 6.00. The summed E-state index contributed by atoms with van der Waals surface area (Å²) >= 11 is 0. The Hall–Kier alpha value is -1.36. The molecule has 1 aromatic carbocycles. The predicted molar refractivity (Wildman–Crippen MR) is 106 cm³/mol. The van der Waals surface area contributed by atoms with Crippen molar-refractivity contribution in [1.82, 2.24) is 15.2 Å². The number of rotatable bonds is 1. The highest BCUT2D eigenvalue weighted by atomic mass is 35.5. The molecule has 2 aliphatic heterocycles. The second-order valence-corrected chi connectivity index (χ2v) is 7.03. The number of nitrogens with one attached hydrogen (secondary N) is 1. The van der Waals surface area contributed by atoms with Gasteiger partial charge < -0.3 is 10.2 Å². The van der Waals surface area contributed by atoms with Crippen LogP contribution in [0.25, 0.3) is 10.9 Å². The highest BCUT2D eigenvalue weighted by Crippen LogP contribution is 2.37. The van der Waals surface area contributed by atoms with Gasteiger partial charge in [0, 0.05) is 31.2 Å². The Morgan fingerprint density at radius 3 is 2.56 bits per heavy atom. The largest absolute Gasteiger partial charge is 0.339 e. The first kappa shape index (κ1) is 20.0. The van der Waals surface area contributed by atoms with E-state index in [1.165, 1.54) is 6.42 Å². The molecule has 6 heteroatoms. The molecule has 136 valence electrons. The van der Waals surface area contributed by atoms with Gasteiger partial charge in [-0.15, -0.1) is 24.8 Å². The van der Waals surface area contributed by atoms with Crippen molar-refractivity contribution in [1.29, 1.82) is 0 Å². The van der Waals surface area contributed by atoms with Crippen LogP contribution in [0, 0.1) is 12.3 Å². The van der Waals surface area contributed by atoms with Gasteiger partial charge in [-0.25, -0.2) is 0 Å². The maximum atomic E-state index is 12.9. The van der Waals surface area contributed by atoms with Crippen molar-refractivity contribution >= 4 is 41.6 Å². The minimum atomic E-state index is 0. The number of nitrogens with zero attached hydrogens (tertiary/aromatic N) is 2. The summed E-state index contributed by atoms with van der Waals surface area (Å²) in [5, 5.41) is 4.55. The molecule has 0 atom stereocenters. The number of aryl methyl sites for hydroxylation is 1. The lowest BCUT2D eigenvalue weighted by molar-refractivity contribution is 0.0607. The minimum Gasteiger partial charge on any atom is -0.339 e. The van der Waals surface area contributed by atoms with Gasteiger partial charge in [-0.05, 0) is 49.8 Å². The second-order valence-electron chi connectivity index (χ2n) is 7.03. The Kier molecular flexibility index (Phi) is 6.30. The number of pyridine rings is 1. The fourth-order valence-electron chi connectivity index (χ4n) is 4.07. The Bertz CT molecular complexity index is 749. The first-order valence-electron chi connectivity index (χ1n) is 8.53. The Balaban J connectivity index is 0.00000113. The van der Waals surface area contributed by atoms with E-state index < -0.39 is 0 Å². The maximum absolute atomic E-state index is 12.9. The Morgan fingerprint density at radius 2 is 1.88 bits per heavy atom. The third kappa shape index (κ3) is 3.62. The normalized spacial score (nSPS) is 18.7. The molecular formula is C19H25Cl2N3O. The number of para-hydroxylation sites is 1. The van der Waals surface area contributed by atoms with E-state index in [1.807, 2.05) is 36.1 Å². The molecule has 1 spiro atoms. The number of benzene rings is 1. The van der Waals surface area contributed by atoms with Crippen molar-refractivity contribution in [2.75, 3.05) is 26.2 Å². The molecule has 1 N–H and O–H groups in total. The Labute approximate surface area is 161 Å². The summed E-state index contributed by atoms with van der Waals surface area (Å²) in [6, 6.07) is 8.02. The number of likely N-dealkylation sites (tertiary alicyclic amines) is 1. The van der Waals surface area contributed by atoms with Crippen LogP contribution in [0.2, 0.25) is 0 Å². The van der Waals surface area contributed by atoms with Gasteiger partial charge in [-0.2, -0.15) is 0 Å². The summed E-state index contributed by atoms with van der Waals surface area (Å²) in [5.74, 6) is 0.140. The summed E-state index contributed by atoms with van der Waals surface area (Å²) in [4.78, 5) is 19.4. The first-order valence-corrected chi connectivity index (χ1v) is 8.53. The fourth-order valence-corrected chi connectivity index (χ4v) is 4.07. The molecule has 0 radical (unpaired) electrons. The van der Waals surface area contributed by atoms with Crippen LogP contribution in [-0.2, 0) is 0 Å². The van der Waals surface area contributed by atoms with Crippen LogP contribution < -0.4 is 5.32 Å². The van der Waals surface area contributed by atoms with Gasteiger partial charge in [-0.1, -0.05) is 18.2 Å². The van der Waals surface area contributed by atoms with Gasteiger partial charge in [0.25, 0.3) is 5.91 Å². The van der Waals surface area contributed by atoms with Crippen LogP contribution in [0.1, 0.15) is 35.2 Å². The van der Waals surface area contributed by atoms with Crippen LogP contribution in [0.15, 0.2) is 30.5 Å². The number of carbonyl (C=O) groups is 1. The molecule has 0 bridgehead atoms. The van der Waals surface area contributed by atoms with E-state index >= 15 is 0 Å². The number of aromatic nitrogens is 1. The summed E-state index contributed by atoms with van der Waals surface area (Å²) in [6.45, 7) is 6.01. The smallest absolute Gasteiger partial charge is 0.255 e. The standard InChI is InChI=1S/C19H23N3O.2ClH/c1-14-15-4-2-3-5-17(15)21-12-16(14)18(23)22-10-7-19(8-11-22)6-9-20-13-19;;/h2-5,12,20H,6-11,13H2,1H3;2*1H. The van der Waals surface area contributed by atoms with Crippen LogP contribution in [0.5, 0.6) is 0 Å². The molecule has 0 saturated carbocycles. The van der Waals surface area contributed by atoms with E-state index in [-0.39, 0.29) is 30.7 Å². The molecule has 2 fully saturated rings. The van der Waals surface area contributed by atoms with Gasteiger partial charge in [-0.3, -0.25) is 9.78 Å². The summed E-state index contributed by atoms with van der Waals surface area (Å²) in [5.41, 5.74) is 3.19. The molecule has 2 saturated heterocycles. The van der Waals surface area contributed by atoms with Crippen molar-refractivity contribution in [3.8, 4) is 0 Å². The van der Waals surface area contributed by atoms with E-state index in [1.54, 1.807) is 6.20 Å². The summed E-state index contributed by atoms with van der Waals surface area (Å²) in [7, 11) is 0. The number of halogens is 2. The molecule has 2 aromatic rings. The van der Waals surface area contributed by atoms with Crippen LogP contribution in [0.3, 0.4) is 0 Å². The molecule has 2 aliphatic rings. The van der Waals surface area contributed by atoms with Crippen molar-refractivity contribution < 1.29 is 4.79 Å². The van der Waals surface area contributed by atoms with Crippen LogP contribution in [-0.4, -0.2) is 42.0 Å². The van der Waals surface area contributed by atoms with E-state index in [0.29, 0.717) is 5.41 Å². The molecule has 1 amide bonds. The fraction of sp³-hybridized carbons (Fsp3) is 0.474. The number of fused-ring (bicyclic) bond motifs is 1.